The summed E-state index contributed by atoms with van der Waals surface area (Å²) in [6.45, 7) is 1.41. The number of carbonyl (C=O) groups is 3. The largest absolute Gasteiger partial charge is 0.481 e. The van der Waals surface area contributed by atoms with Gasteiger partial charge < -0.3 is 19.6 Å². The van der Waals surface area contributed by atoms with E-state index in [4.69, 9.17) is 9.84 Å². The van der Waals surface area contributed by atoms with Crippen LogP contribution in [-0.4, -0.2) is 59.1 Å². The van der Waals surface area contributed by atoms with Crippen molar-refractivity contribution in [1.29, 1.82) is 0 Å². The number of benzene rings is 1. The zero-order valence-corrected chi connectivity index (χ0v) is 12.6. The molecule has 3 rings (SSSR count). The lowest BCUT2D eigenvalue weighted by molar-refractivity contribution is -0.156. The highest BCUT2D eigenvalue weighted by atomic mass is 16.6. The minimum Gasteiger partial charge on any atom is -0.481 e. The van der Waals surface area contributed by atoms with E-state index in [2.05, 4.69) is 0 Å². The van der Waals surface area contributed by atoms with E-state index in [0.29, 0.717) is 13.1 Å². The summed E-state index contributed by atoms with van der Waals surface area (Å²) >= 11 is 0. The molecule has 0 radical (unpaired) electrons. The van der Waals surface area contributed by atoms with Gasteiger partial charge in [0.1, 0.15) is 6.61 Å². The molecule has 7 heteroatoms. The first-order valence-electron chi connectivity index (χ1n) is 7.52. The van der Waals surface area contributed by atoms with Crippen LogP contribution in [0, 0.1) is 11.8 Å². The van der Waals surface area contributed by atoms with Crippen molar-refractivity contribution in [2.24, 2.45) is 11.8 Å². The fourth-order valence-electron chi connectivity index (χ4n) is 2.67. The molecule has 0 saturated carbocycles. The van der Waals surface area contributed by atoms with Crippen molar-refractivity contribution in [3.63, 3.8) is 0 Å². The second-order valence-electron chi connectivity index (χ2n) is 5.92. The second kappa shape index (κ2) is 6.28. The number of hydrogen-bond acceptors (Lipinski definition) is 4. The summed E-state index contributed by atoms with van der Waals surface area (Å²) in [5.41, 5.74) is 0.911. The summed E-state index contributed by atoms with van der Waals surface area (Å²) < 4.78 is 5.19. The molecule has 2 amide bonds. The molecule has 2 saturated heterocycles. The average Bonchev–Trinajstić information content (AvgIpc) is 2.42. The molecule has 0 aliphatic carbocycles. The van der Waals surface area contributed by atoms with Gasteiger partial charge in [0.05, 0.1) is 11.8 Å². The Labute approximate surface area is 133 Å². The van der Waals surface area contributed by atoms with E-state index in [1.165, 1.54) is 9.80 Å². The molecule has 2 fully saturated rings. The van der Waals surface area contributed by atoms with E-state index < -0.39 is 18.0 Å². The first-order chi connectivity index (χ1) is 11.0. The van der Waals surface area contributed by atoms with Gasteiger partial charge in [0.2, 0.25) is 5.91 Å². The van der Waals surface area contributed by atoms with Crippen molar-refractivity contribution in [3.05, 3.63) is 35.9 Å². The second-order valence-corrected chi connectivity index (χ2v) is 5.92. The van der Waals surface area contributed by atoms with Gasteiger partial charge >= 0.3 is 12.1 Å². The smallest absolute Gasteiger partial charge is 0.410 e. The third-order valence-corrected chi connectivity index (χ3v) is 4.24. The zero-order chi connectivity index (χ0) is 16.4. The summed E-state index contributed by atoms with van der Waals surface area (Å²) in [6.07, 6.45) is -0.426. The third-order valence-electron chi connectivity index (χ3n) is 4.24. The molecule has 122 valence electrons. The van der Waals surface area contributed by atoms with Crippen molar-refractivity contribution in [2.45, 2.75) is 6.61 Å². The van der Waals surface area contributed by atoms with E-state index in [1.807, 2.05) is 30.3 Å². The first-order valence-corrected chi connectivity index (χ1v) is 7.52. The van der Waals surface area contributed by atoms with Crippen LogP contribution >= 0.6 is 0 Å². The molecule has 1 aromatic carbocycles. The van der Waals surface area contributed by atoms with Gasteiger partial charge in [-0.05, 0) is 5.56 Å². The first kappa shape index (κ1) is 15.3. The minimum atomic E-state index is -0.867. The maximum atomic E-state index is 12.1. The van der Waals surface area contributed by atoms with Crippen LogP contribution in [0.2, 0.25) is 0 Å². The molecule has 1 aromatic rings. The number of amides is 2. The number of carboxylic acids is 1. The maximum Gasteiger partial charge on any atom is 0.410 e. The van der Waals surface area contributed by atoms with Crippen LogP contribution in [0.4, 0.5) is 4.79 Å². The standard InChI is InChI=1S/C16H18N2O5/c19-14(17-8-13(9-17)15(20)21)12-6-18(7-12)16(22)23-10-11-4-2-1-3-5-11/h1-5,12-13H,6-10H2,(H,20,21). The molecular weight excluding hydrogens is 300 g/mol. The Balaban J connectivity index is 1.38. The number of rotatable bonds is 4. The number of carboxylic acid groups (broad SMARTS) is 1. The van der Waals surface area contributed by atoms with E-state index >= 15 is 0 Å². The normalized spacial score (nSPS) is 18.1. The Morgan fingerprint density at radius 2 is 1.61 bits per heavy atom. The predicted molar refractivity (Wildman–Crippen MR) is 79.4 cm³/mol. The highest BCUT2D eigenvalue weighted by molar-refractivity contribution is 5.85. The molecular formula is C16H18N2O5. The Morgan fingerprint density at radius 3 is 2.22 bits per heavy atom. The van der Waals surface area contributed by atoms with E-state index in [-0.39, 0.29) is 31.5 Å². The summed E-state index contributed by atoms with van der Waals surface area (Å²) in [5.74, 6) is -1.64. The summed E-state index contributed by atoms with van der Waals surface area (Å²) in [7, 11) is 0. The summed E-state index contributed by atoms with van der Waals surface area (Å²) in [4.78, 5) is 37.7. The Morgan fingerprint density at radius 1 is 1.00 bits per heavy atom. The van der Waals surface area contributed by atoms with Crippen molar-refractivity contribution >= 4 is 18.0 Å². The lowest BCUT2D eigenvalue weighted by atomic mass is 9.93. The fourth-order valence-corrected chi connectivity index (χ4v) is 2.67. The van der Waals surface area contributed by atoms with Crippen LogP contribution in [-0.2, 0) is 20.9 Å². The molecule has 2 aliphatic rings. The molecule has 0 bridgehead atoms. The average molecular weight is 318 g/mol. The van der Waals surface area contributed by atoms with Gasteiger partial charge in [-0.1, -0.05) is 30.3 Å². The molecule has 0 unspecified atom stereocenters. The van der Waals surface area contributed by atoms with Gasteiger partial charge in [0, 0.05) is 26.2 Å². The number of carbonyl (C=O) groups excluding carboxylic acids is 2. The van der Waals surface area contributed by atoms with Crippen molar-refractivity contribution in [1.82, 2.24) is 9.80 Å². The monoisotopic (exact) mass is 318 g/mol. The van der Waals surface area contributed by atoms with Gasteiger partial charge in [0.25, 0.3) is 0 Å². The van der Waals surface area contributed by atoms with Crippen molar-refractivity contribution in [3.8, 4) is 0 Å². The van der Waals surface area contributed by atoms with Crippen molar-refractivity contribution < 1.29 is 24.2 Å². The molecule has 1 N–H and O–H groups in total. The maximum absolute atomic E-state index is 12.1. The van der Waals surface area contributed by atoms with Gasteiger partial charge in [-0.15, -0.1) is 0 Å². The quantitative estimate of drug-likeness (QED) is 0.887. The van der Waals surface area contributed by atoms with Crippen LogP contribution in [0.1, 0.15) is 5.56 Å². The SMILES string of the molecule is O=C(O)C1CN(C(=O)C2CN(C(=O)OCc3ccccc3)C2)C1. The predicted octanol–water partition coefficient (Wildman–Crippen LogP) is 0.798. The van der Waals surface area contributed by atoms with Crippen LogP contribution in [0.3, 0.4) is 0 Å². The van der Waals surface area contributed by atoms with Crippen molar-refractivity contribution in [2.75, 3.05) is 26.2 Å². The third kappa shape index (κ3) is 3.28. The molecule has 2 heterocycles. The van der Waals surface area contributed by atoms with E-state index in [0.717, 1.165) is 5.56 Å². The molecule has 0 aromatic heterocycles. The minimum absolute atomic E-state index is 0.0744. The molecule has 0 atom stereocenters. The fraction of sp³-hybridized carbons (Fsp3) is 0.438. The summed E-state index contributed by atoms with van der Waals surface area (Å²) in [5, 5.41) is 8.80. The number of hydrogen-bond donors (Lipinski definition) is 1. The number of nitrogens with zero attached hydrogens (tertiary/aromatic N) is 2. The molecule has 23 heavy (non-hydrogen) atoms. The lowest BCUT2D eigenvalue weighted by Crippen LogP contribution is -2.61. The Kier molecular flexibility index (Phi) is 4.18. The topological polar surface area (TPSA) is 87.2 Å². The highest BCUT2D eigenvalue weighted by Gasteiger charge is 2.43. The zero-order valence-electron chi connectivity index (χ0n) is 12.6. The number of likely N-dealkylation sites (tertiary alicyclic amines) is 2. The van der Waals surface area contributed by atoms with E-state index in [9.17, 15) is 14.4 Å². The van der Waals surface area contributed by atoms with Gasteiger partial charge in [-0.25, -0.2) is 4.79 Å². The summed E-state index contributed by atoms with van der Waals surface area (Å²) in [6, 6.07) is 9.39. The van der Waals surface area contributed by atoms with Gasteiger partial charge in [0.15, 0.2) is 0 Å². The Hall–Kier alpha value is -2.57. The molecule has 2 aliphatic heterocycles. The lowest BCUT2D eigenvalue weighted by Gasteiger charge is -2.44. The van der Waals surface area contributed by atoms with Crippen LogP contribution in [0.25, 0.3) is 0 Å². The van der Waals surface area contributed by atoms with Crippen LogP contribution in [0.5, 0.6) is 0 Å². The van der Waals surface area contributed by atoms with Crippen LogP contribution < -0.4 is 0 Å². The molecule has 0 spiro atoms. The van der Waals surface area contributed by atoms with E-state index in [1.54, 1.807) is 0 Å². The highest BCUT2D eigenvalue weighted by Crippen LogP contribution is 2.24. The van der Waals surface area contributed by atoms with Gasteiger partial charge in [-0.2, -0.15) is 0 Å². The van der Waals surface area contributed by atoms with Gasteiger partial charge in [-0.3, -0.25) is 9.59 Å². The number of aliphatic carboxylic acids is 1. The molecule has 7 nitrogen and oxygen atoms in total. The van der Waals surface area contributed by atoms with Crippen LogP contribution in [0.15, 0.2) is 30.3 Å². The Bertz CT molecular complexity index is 606. The number of ether oxygens (including phenoxy) is 1.